The Hall–Kier alpha value is -3.24. The number of nitrogens with one attached hydrogen (secondary N) is 1. The molecule has 4 heteroatoms. The number of aliphatic imine (C=N–C) groups is 2. The first-order chi connectivity index (χ1) is 13.6. The van der Waals surface area contributed by atoms with Gasteiger partial charge in [-0.2, -0.15) is 0 Å². The monoisotopic (exact) mass is 369 g/mol. The van der Waals surface area contributed by atoms with Crippen LogP contribution < -0.4 is 5.32 Å². The van der Waals surface area contributed by atoms with Gasteiger partial charge in [-0.1, -0.05) is 86.6 Å². The van der Waals surface area contributed by atoms with Gasteiger partial charge >= 0.3 is 0 Å². The van der Waals surface area contributed by atoms with E-state index in [1.165, 1.54) is 5.56 Å². The van der Waals surface area contributed by atoms with Gasteiger partial charge in [0.2, 0.25) is 5.72 Å². The van der Waals surface area contributed by atoms with E-state index in [2.05, 4.69) is 41.3 Å². The summed E-state index contributed by atoms with van der Waals surface area (Å²) in [6, 6.07) is 27.3. The highest BCUT2D eigenvalue weighted by molar-refractivity contribution is 6.17. The molecule has 1 atom stereocenters. The second kappa shape index (κ2) is 7.41. The van der Waals surface area contributed by atoms with Crippen LogP contribution in [0.4, 0.5) is 5.69 Å². The molecular weight excluding hydrogens is 346 g/mol. The van der Waals surface area contributed by atoms with Crippen LogP contribution in [0.3, 0.4) is 0 Å². The number of amidine groups is 2. The molecule has 0 fully saturated rings. The lowest BCUT2D eigenvalue weighted by atomic mass is 10.0. The quantitative estimate of drug-likeness (QED) is 0.685. The largest absolute Gasteiger partial charge is 0.359 e. The molecule has 3 aromatic rings. The highest BCUT2D eigenvalue weighted by Crippen LogP contribution is 2.31. The maximum Gasteiger partial charge on any atom is 0.244 e. The van der Waals surface area contributed by atoms with E-state index in [1.54, 1.807) is 0 Å². The lowest BCUT2D eigenvalue weighted by molar-refractivity contribution is 0.125. The zero-order valence-corrected chi connectivity index (χ0v) is 16.0. The van der Waals surface area contributed by atoms with Crippen LogP contribution in [0, 0.1) is 0 Å². The minimum Gasteiger partial charge on any atom is -0.359 e. The fraction of sp³-hybridized carbons (Fsp3) is 0.167. The van der Waals surface area contributed by atoms with E-state index in [1.807, 2.05) is 72.8 Å². The van der Waals surface area contributed by atoms with E-state index >= 15 is 0 Å². The normalized spacial score (nSPS) is 18.7. The van der Waals surface area contributed by atoms with Gasteiger partial charge in [-0.3, -0.25) is 0 Å². The summed E-state index contributed by atoms with van der Waals surface area (Å²) in [4.78, 5) is 9.24. The number of rotatable bonds is 4. The van der Waals surface area contributed by atoms with Crippen LogP contribution in [0.5, 0.6) is 0 Å². The SMILES string of the molecule is CC(C)c1ccc(NC2=NC(c3ccccc3)=NC2(O)c2ccccc2)cc1. The molecule has 0 bridgehead atoms. The number of aliphatic hydroxyl groups is 1. The van der Waals surface area contributed by atoms with Gasteiger partial charge in [-0.25, -0.2) is 9.98 Å². The van der Waals surface area contributed by atoms with E-state index in [0.29, 0.717) is 23.2 Å². The van der Waals surface area contributed by atoms with Crippen LogP contribution >= 0.6 is 0 Å². The minimum atomic E-state index is -1.55. The van der Waals surface area contributed by atoms with E-state index in [4.69, 9.17) is 0 Å². The minimum absolute atomic E-state index is 0.398. The van der Waals surface area contributed by atoms with Gasteiger partial charge in [0, 0.05) is 16.8 Å². The van der Waals surface area contributed by atoms with Crippen LogP contribution in [0.15, 0.2) is 94.9 Å². The summed E-state index contributed by atoms with van der Waals surface area (Å²) in [7, 11) is 0. The standard InChI is InChI=1S/C24H23N3O/c1-17(2)18-13-15-21(16-14-18)25-23-24(28,20-11-7-4-8-12-20)27-22(26-23)19-9-5-3-6-10-19/h3-17,28H,1-2H3,(H,25,26,27). The third-order valence-electron chi connectivity index (χ3n) is 4.86. The molecule has 140 valence electrons. The maximum atomic E-state index is 11.5. The Morgan fingerprint density at radius 3 is 2.04 bits per heavy atom. The second-order valence-corrected chi connectivity index (χ2v) is 7.20. The number of hydrogen-bond acceptors (Lipinski definition) is 4. The van der Waals surface area contributed by atoms with Crippen molar-refractivity contribution in [3.05, 3.63) is 102 Å². The van der Waals surface area contributed by atoms with Crippen molar-refractivity contribution in [2.45, 2.75) is 25.5 Å². The average Bonchev–Trinajstić information content (AvgIpc) is 3.07. The molecule has 0 amide bonds. The fourth-order valence-electron chi connectivity index (χ4n) is 3.21. The molecule has 0 saturated carbocycles. The van der Waals surface area contributed by atoms with Crippen LogP contribution in [0.2, 0.25) is 0 Å². The molecule has 0 aromatic heterocycles. The molecule has 1 heterocycles. The van der Waals surface area contributed by atoms with Crippen molar-refractivity contribution in [2.75, 3.05) is 5.32 Å². The lowest BCUT2D eigenvalue weighted by Gasteiger charge is -2.23. The summed E-state index contributed by atoms with van der Waals surface area (Å²) in [6.45, 7) is 4.33. The van der Waals surface area contributed by atoms with Crippen molar-refractivity contribution in [3.8, 4) is 0 Å². The Bertz CT molecular complexity index is 1010. The lowest BCUT2D eigenvalue weighted by Crippen LogP contribution is -2.36. The topological polar surface area (TPSA) is 57.0 Å². The molecule has 0 spiro atoms. The van der Waals surface area contributed by atoms with Crippen molar-refractivity contribution >= 4 is 17.4 Å². The van der Waals surface area contributed by atoms with E-state index in [-0.39, 0.29) is 0 Å². The molecule has 28 heavy (non-hydrogen) atoms. The predicted molar refractivity (Wildman–Crippen MR) is 115 cm³/mol. The molecule has 0 radical (unpaired) electrons. The van der Waals surface area contributed by atoms with Crippen molar-refractivity contribution in [2.24, 2.45) is 9.98 Å². The number of hydrogen-bond donors (Lipinski definition) is 2. The molecule has 2 N–H and O–H groups in total. The molecule has 3 aromatic carbocycles. The summed E-state index contributed by atoms with van der Waals surface area (Å²) in [5.41, 5.74) is 2.11. The second-order valence-electron chi connectivity index (χ2n) is 7.20. The van der Waals surface area contributed by atoms with Gasteiger partial charge < -0.3 is 10.4 Å². The third-order valence-corrected chi connectivity index (χ3v) is 4.86. The summed E-state index contributed by atoms with van der Waals surface area (Å²) < 4.78 is 0. The summed E-state index contributed by atoms with van der Waals surface area (Å²) in [6.07, 6.45) is 0. The van der Waals surface area contributed by atoms with Gasteiger partial charge in [0.05, 0.1) is 0 Å². The van der Waals surface area contributed by atoms with Gasteiger partial charge in [0.25, 0.3) is 0 Å². The molecule has 4 nitrogen and oxygen atoms in total. The van der Waals surface area contributed by atoms with Crippen molar-refractivity contribution in [1.82, 2.24) is 0 Å². The van der Waals surface area contributed by atoms with Crippen molar-refractivity contribution in [1.29, 1.82) is 0 Å². The van der Waals surface area contributed by atoms with Gasteiger partial charge in [0.15, 0.2) is 11.7 Å². The first-order valence-electron chi connectivity index (χ1n) is 9.45. The Morgan fingerprint density at radius 2 is 1.43 bits per heavy atom. The first kappa shape index (κ1) is 18.1. The maximum absolute atomic E-state index is 11.5. The van der Waals surface area contributed by atoms with Crippen LogP contribution in [-0.4, -0.2) is 16.8 Å². The zero-order valence-electron chi connectivity index (χ0n) is 16.0. The third kappa shape index (κ3) is 3.47. The molecule has 1 unspecified atom stereocenters. The van der Waals surface area contributed by atoms with Gasteiger partial charge in [-0.05, 0) is 23.6 Å². The van der Waals surface area contributed by atoms with Crippen molar-refractivity contribution < 1.29 is 5.11 Å². The fourth-order valence-corrected chi connectivity index (χ4v) is 3.21. The molecule has 1 aliphatic rings. The molecular formula is C24H23N3O. The Kier molecular flexibility index (Phi) is 4.80. The molecule has 4 rings (SSSR count). The Balaban J connectivity index is 1.72. The number of anilines is 1. The zero-order chi connectivity index (χ0) is 19.6. The van der Waals surface area contributed by atoms with Gasteiger partial charge in [-0.15, -0.1) is 0 Å². The molecule has 0 saturated heterocycles. The highest BCUT2D eigenvalue weighted by Gasteiger charge is 2.40. The summed E-state index contributed by atoms with van der Waals surface area (Å²) in [5, 5.41) is 14.8. The van der Waals surface area contributed by atoms with Crippen molar-refractivity contribution in [3.63, 3.8) is 0 Å². The van der Waals surface area contributed by atoms with Gasteiger partial charge in [0.1, 0.15) is 0 Å². The Labute approximate surface area is 165 Å². The summed E-state index contributed by atoms with van der Waals surface area (Å²) in [5.74, 6) is 1.37. The predicted octanol–water partition coefficient (Wildman–Crippen LogP) is 4.93. The van der Waals surface area contributed by atoms with Crippen LogP contribution in [-0.2, 0) is 5.72 Å². The average molecular weight is 369 g/mol. The number of benzene rings is 3. The van der Waals surface area contributed by atoms with E-state index < -0.39 is 5.72 Å². The molecule has 0 aliphatic carbocycles. The number of nitrogens with zero attached hydrogens (tertiary/aromatic N) is 2. The molecule has 1 aliphatic heterocycles. The first-order valence-corrected chi connectivity index (χ1v) is 9.45. The van der Waals surface area contributed by atoms with Crippen LogP contribution in [0.1, 0.15) is 36.5 Å². The smallest absolute Gasteiger partial charge is 0.244 e. The van der Waals surface area contributed by atoms with Crippen LogP contribution in [0.25, 0.3) is 0 Å². The highest BCUT2D eigenvalue weighted by atomic mass is 16.3. The van der Waals surface area contributed by atoms with E-state index in [9.17, 15) is 5.11 Å². The Morgan fingerprint density at radius 1 is 0.821 bits per heavy atom. The van der Waals surface area contributed by atoms with E-state index in [0.717, 1.165) is 11.3 Å². The summed E-state index contributed by atoms with van der Waals surface area (Å²) >= 11 is 0.